The molecule has 162 valence electrons. The highest BCUT2D eigenvalue weighted by molar-refractivity contribution is 6.32. The van der Waals surface area contributed by atoms with Crippen molar-refractivity contribution in [3.63, 3.8) is 0 Å². The lowest BCUT2D eigenvalue weighted by molar-refractivity contribution is -0.385. The lowest BCUT2D eigenvalue weighted by Gasteiger charge is -2.12. The minimum Gasteiger partial charge on any atom is -0.457 e. The van der Waals surface area contributed by atoms with Crippen molar-refractivity contribution in [3.05, 3.63) is 62.7 Å². The van der Waals surface area contributed by atoms with E-state index in [2.05, 4.69) is 5.92 Å². The molecule has 0 radical (unpaired) electrons. The summed E-state index contributed by atoms with van der Waals surface area (Å²) in [5.41, 5.74) is -1.98. The van der Waals surface area contributed by atoms with Gasteiger partial charge >= 0.3 is 12.1 Å². The number of nitro benzene ring substituents is 1. The van der Waals surface area contributed by atoms with Gasteiger partial charge in [-0.1, -0.05) is 11.6 Å². The SMILES string of the molecule is C#CCCC(=O)OCC(=O)c1cc(Oc2ccc(C(F)(F)F)cc2Cl)ccc1[N+](=O)[O-]. The standard InChI is InChI=1S/C20H13ClF3NO6/c1-2-3-4-19(27)30-11-17(26)14-10-13(6-7-16(14)25(28)29)31-18-8-5-12(9-15(18)21)20(22,23)24/h1,5-10H,3-4,11H2. The first-order valence-corrected chi connectivity index (χ1v) is 8.86. The number of benzene rings is 2. The monoisotopic (exact) mass is 455 g/mol. The first-order chi connectivity index (χ1) is 14.5. The second-order valence-electron chi connectivity index (χ2n) is 5.97. The molecule has 31 heavy (non-hydrogen) atoms. The molecule has 0 aromatic heterocycles. The fraction of sp³-hybridized carbons (Fsp3) is 0.200. The molecule has 0 aliphatic rings. The average molecular weight is 456 g/mol. The summed E-state index contributed by atoms with van der Waals surface area (Å²) in [5, 5.41) is 10.9. The van der Waals surface area contributed by atoms with Crippen LogP contribution >= 0.6 is 11.6 Å². The van der Waals surface area contributed by atoms with Crippen molar-refractivity contribution >= 4 is 29.0 Å². The van der Waals surface area contributed by atoms with Gasteiger partial charge in [0.05, 0.1) is 21.9 Å². The number of alkyl halides is 3. The molecule has 0 bridgehead atoms. The van der Waals surface area contributed by atoms with Crippen LogP contribution in [0.2, 0.25) is 5.02 Å². The van der Waals surface area contributed by atoms with Crippen LogP contribution in [-0.4, -0.2) is 23.3 Å². The molecule has 0 aliphatic heterocycles. The van der Waals surface area contributed by atoms with E-state index in [4.69, 9.17) is 27.5 Å². The molecule has 0 aliphatic carbocycles. The van der Waals surface area contributed by atoms with E-state index in [0.717, 1.165) is 30.3 Å². The molecule has 0 atom stereocenters. The number of nitrogens with zero attached hydrogens (tertiary/aromatic N) is 1. The van der Waals surface area contributed by atoms with Gasteiger partial charge < -0.3 is 9.47 Å². The van der Waals surface area contributed by atoms with Gasteiger partial charge in [0, 0.05) is 12.5 Å². The normalized spacial score (nSPS) is 10.8. The first-order valence-electron chi connectivity index (χ1n) is 8.48. The van der Waals surface area contributed by atoms with Crippen molar-refractivity contribution in [2.24, 2.45) is 0 Å². The third kappa shape index (κ3) is 6.45. The summed E-state index contributed by atoms with van der Waals surface area (Å²) in [6, 6.07) is 5.49. The molecule has 0 fully saturated rings. The maximum Gasteiger partial charge on any atom is 0.416 e. The first kappa shape index (κ1) is 23.7. The van der Waals surface area contributed by atoms with Crippen molar-refractivity contribution in [2.45, 2.75) is 19.0 Å². The van der Waals surface area contributed by atoms with Crippen LogP contribution in [-0.2, 0) is 15.7 Å². The number of esters is 1. The molecule has 0 N–H and O–H groups in total. The summed E-state index contributed by atoms with van der Waals surface area (Å²) >= 11 is 5.82. The Bertz CT molecular complexity index is 1060. The van der Waals surface area contributed by atoms with Gasteiger partial charge in [0.2, 0.25) is 5.78 Å². The quantitative estimate of drug-likeness (QED) is 0.178. The molecule has 0 unspecified atom stereocenters. The molecule has 11 heteroatoms. The number of ketones is 1. The summed E-state index contributed by atoms with van der Waals surface area (Å²) < 4.78 is 48.3. The van der Waals surface area contributed by atoms with E-state index in [9.17, 15) is 32.9 Å². The molecule has 0 heterocycles. The number of hydrogen-bond donors (Lipinski definition) is 0. The highest BCUT2D eigenvalue weighted by Crippen LogP contribution is 2.37. The number of carbonyl (C=O) groups is 2. The number of rotatable bonds is 8. The minimum absolute atomic E-state index is 0.102. The van der Waals surface area contributed by atoms with Crippen LogP contribution in [0.25, 0.3) is 0 Å². The van der Waals surface area contributed by atoms with Gasteiger partial charge in [0.25, 0.3) is 5.69 Å². The van der Waals surface area contributed by atoms with E-state index < -0.39 is 46.3 Å². The zero-order chi connectivity index (χ0) is 23.2. The Labute approximate surface area is 178 Å². The van der Waals surface area contributed by atoms with Gasteiger partial charge in [0.15, 0.2) is 6.61 Å². The number of nitro groups is 1. The van der Waals surface area contributed by atoms with E-state index in [0.29, 0.717) is 6.07 Å². The summed E-state index contributed by atoms with van der Waals surface area (Å²) in [7, 11) is 0. The highest BCUT2D eigenvalue weighted by atomic mass is 35.5. The Morgan fingerprint density at radius 1 is 1.19 bits per heavy atom. The van der Waals surface area contributed by atoms with Crippen molar-refractivity contribution in [3.8, 4) is 23.8 Å². The predicted octanol–water partition coefficient (Wildman–Crippen LogP) is 5.20. The Hall–Kier alpha value is -3.58. The molecule has 0 saturated carbocycles. The summed E-state index contributed by atoms with van der Waals surface area (Å²) in [5.74, 6) is 0.321. The fourth-order valence-electron chi connectivity index (χ4n) is 2.32. The molecular formula is C20H13ClF3NO6. The number of terminal acetylenes is 1. The van der Waals surface area contributed by atoms with Gasteiger partial charge in [0.1, 0.15) is 17.1 Å². The smallest absolute Gasteiger partial charge is 0.416 e. The number of halogens is 4. The zero-order valence-electron chi connectivity index (χ0n) is 15.6. The topological polar surface area (TPSA) is 95.7 Å². The van der Waals surface area contributed by atoms with Crippen LogP contribution in [0.5, 0.6) is 11.5 Å². The van der Waals surface area contributed by atoms with Gasteiger partial charge in [-0.25, -0.2) is 0 Å². The molecule has 0 saturated heterocycles. The largest absolute Gasteiger partial charge is 0.457 e. The maximum atomic E-state index is 12.7. The second-order valence-corrected chi connectivity index (χ2v) is 6.38. The summed E-state index contributed by atoms with van der Waals surface area (Å²) in [6.45, 7) is -0.769. The van der Waals surface area contributed by atoms with Gasteiger partial charge in [-0.3, -0.25) is 19.7 Å². The van der Waals surface area contributed by atoms with Crippen molar-refractivity contribution in [1.82, 2.24) is 0 Å². The molecular weight excluding hydrogens is 443 g/mol. The average Bonchev–Trinajstić information content (AvgIpc) is 2.70. The highest BCUT2D eigenvalue weighted by Gasteiger charge is 2.31. The van der Waals surface area contributed by atoms with E-state index >= 15 is 0 Å². The van der Waals surface area contributed by atoms with Crippen LogP contribution in [0.4, 0.5) is 18.9 Å². The van der Waals surface area contributed by atoms with Crippen molar-refractivity contribution < 1.29 is 37.2 Å². The van der Waals surface area contributed by atoms with E-state index in [-0.39, 0.29) is 29.4 Å². The van der Waals surface area contributed by atoms with Crippen LogP contribution in [0.15, 0.2) is 36.4 Å². The Balaban J connectivity index is 2.25. The molecule has 7 nitrogen and oxygen atoms in total. The summed E-state index contributed by atoms with van der Waals surface area (Å²) in [4.78, 5) is 34.2. The molecule has 2 aromatic rings. The lowest BCUT2D eigenvalue weighted by atomic mass is 10.1. The van der Waals surface area contributed by atoms with E-state index in [1.807, 2.05) is 0 Å². The third-order valence-corrected chi connectivity index (χ3v) is 4.09. The van der Waals surface area contributed by atoms with Gasteiger partial charge in [-0.2, -0.15) is 13.2 Å². The minimum atomic E-state index is -4.60. The Kier molecular flexibility index (Phi) is 7.61. The molecule has 0 amide bonds. The van der Waals surface area contributed by atoms with Crippen LogP contribution < -0.4 is 4.74 Å². The maximum absolute atomic E-state index is 12.7. The van der Waals surface area contributed by atoms with E-state index in [1.165, 1.54) is 0 Å². The number of hydrogen-bond acceptors (Lipinski definition) is 6. The summed E-state index contributed by atoms with van der Waals surface area (Å²) in [6.07, 6.45) is 0.392. The lowest BCUT2D eigenvalue weighted by Crippen LogP contribution is -2.15. The van der Waals surface area contributed by atoms with Crippen molar-refractivity contribution in [1.29, 1.82) is 0 Å². The van der Waals surface area contributed by atoms with Crippen LogP contribution in [0.3, 0.4) is 0 Å². The molecule has 0 spiro atoms. The van der Waals surface area contributed by atoms with Crippen LogP contribution in [0.1, 0.15) is 28.8 Å². The Morgan fingerprint density at radius 2 is 1.90 bits per heavy atom. The second kappa shape index (κ2) is 9.95. The predicted molar refractivity (Wildman–Crippen MR) is 103 cm³/mol. The third-order valence-electron chi connectivity index (χ3n) is 3.79. The zero-order valence-corrected chi connectivity index (χ0v) is 16.3. The molecule has 2 rings (SSSR count). The van der Waals surface area contributed by atoms with E-state index in [1.54, 1.807) is 0 Å². The number of carbonyl (C=O) groups excluding carboxylic acids is 2. The van der Waals surface area contributed by atoms with Crippen molar-refractivity contribution in [2.75, 3.05) is 6.61 Å². The van der Waals surface area contributed by atoms with Gasteiger partial charge in [-0.15, -0.1) is 12.3 Å². The Morgan fingerprint density at radius 3 is 2.48 bits per heavy atom. The van der Waals surface area contributed by atoms with Crippen LogP contribution in [0, 0.1) is 22.5 Å². The number of Topliss-reactive ketones (excluding diaryl/α,β-unsaturated/α-hetero) is 1. The molecule has 2 aromatic carbocycles. The fourth-order valence-corrected chi connectivity index (χ4v) is 2.54. The number of ether oxygens (including phenoxy) is 2. The van der Waals surface area contributed by atoms with Gasteiger partial charge in [-0.05, 0) is 30.3 Å².